The van der Waals surface area contributed by atoms with Crippen molar-refractivity contribution in [3.8, 4) is 16.9 Å². The minimum Gasteiger partial charge on any atom is -0.484 e. The predicted molar refractivity (Wildman–Crippen MR) is 144 cm³/mol. The lowest BCUT2D eigenvalue weighted by molar-refractivity contribution is -0.157. The summed E-state index contributed by atoms with van der Waals surface area (Å²) >= 11 is 0. The van der Waals surface area contributed by atoms with Gasteiger partial charge in [0.25, 0.3) is 11.8 Å². The van der Waals surface area contributed by atoms with Crippen LogP contribution < -0.4 is 20.8 Å². The Hall–Kier alpha value is -3.92. The molecule has 0 saturated carbocycles. The van der Waals surface area contributed by atoms with Crippen molar-refractivity contribution >= 4 is 23.7 Å². The lowest BCUT2D eigenvalue weighted by Crippen LogP contribution is -2.61. The summed E-state index contributed by atoms with van der Waals surface area (Å²) in [5.41, 5.74) is 5.68. The standard InChI is InChI=1S/C29H36N4O6/c1-17(2)26-27(35)30-18(3)28(36)33-14-6-9-24(32-33)29(37)39-19(4)21-7-5-8-22(15-21)20-10-12-23(13-11-20)38-16-25(34)31-26/h5,7-8,10-13,15,17-19,24,26,32H,6,9,14,16H2,1-4H3,(H,30,35)(H,31,34)/t18-,19+,24-,26?/m0/s1. The Morgan fingerprint density at radius 1 is 0.949 bits per heavy atom. The first-order valence-corrected chi connectivity index (χ1v) is 13.3. The molecule has 0 spiro atoms. The molecule has 1 unspecified atom stereocenters. The fourth-order valence-electron chi connectivity index (χ4n) is 4.65. The van der Waals surface area contributed by atoms with Gasteiger partial charge < -0.3 is 20.1 Å². The number of benzene rings is 2. The minimum absolute atomic E-state index is 0.230. The van der Waals surface area contributed by atoms with Crippen LogP contribution in [-0.2, 0) is 23.9 Å². The molecule has 3 aliphatic rings. The molecule has 39 heavy (non-hydrogen) atoms. The van der Waals surface area contributed by atoms with Gasteiger partial charge in [-0.3, -0.25) is 24.2 Å². The summed E-state index contributed by atoms with van der Waals surface area (Å²) in [7, 11) is 0. The van der Waals surface area contributed by atoms with E-state index in [2.05, 4.69) is 16.1 Å². The summed E-state index contributed by atoms with van der Waals surface area (Å²) in [6, 6.07) is 12.6. The molecule has 3 N–H and O–H groups in total. The van der Waals surface area contributed by atoms with E-state index in [1.165, 1.54) is 5.01 Å². The molecule has 3 aliphatic heterocycles. The summed E-state index contributed by atoms with van der Waals surface area (Å²) in [5, 5.41) is 6.77. The lowest BCUT2D eigenvalue weighted by atomic mass is 10.0. The van der Waals surface area contributed by atoms with E-state index in [1.54, 1.807) is 32.9 Å². The van der Waals surface area contributed by atoms with Gasteiger partial charge in [0.1, 0.15) is 30.0 Å². The zero-order chi connectivity index (χ0) is 28.1. The molecule has 10 nitrogen and oxygen atoms in total. The molecule has 3 amide bonds. The Labute approximate surface area is 228 Å². The molecule has 0 aliphatic carbocycles. The smallest absolute Gasteiger partial charge is 0.325 e. The summed E-state index contributed by atoms with van der Waals surface area (Å²) < 4.78 is 11.4. The molecule has 4 atom stereocenters. The van der Waals surface area contributed by atoms with Crippen LogP contribution in [-0.4, -0.2) is 60.0 Å². The molecule has 0 radical (unpaired) electrons. The average Bonchev–Trinajstić information content (AvgIpc) is 2.94. The van der Waals surface area contributed by atoms with Crippen LogP contribution in [0.5, 0.6) is 5.75 Å². The number of nitrogens with one attached hydrogen (secondary N) is 3. The first-order chi connectivity index (χ1) is 18.6. The van der Waals surface area contributed by atoms with Gasteiger partial charge in [-0.2, -0.15) is 0 Å². The number of hydrogen-bond donors (Lipinski definition) is 3. The van der Waals surface area contributed by atoms with Crippen molar-refractivity contribution in [1.29, 1.82) is 0 Å². The first kappa shape index (κ1) is 28.1. The Bertz CT molecular complexity index is 1210. The average molecular weight is 537 g/mol. The van der Waals surface area contributed by atoms with Crippen molar-refractivity contribution in [3.05, 3.63) is 54.1 Å². The molecule has 2 aromatic carbocycles. The Balaban J connectivity index is 1.61. The number of nitrogens with zero attached hydrogens (tertiary/aromatic N) is 1. The molecular weight excluding hydrogens is 500 g/mol. The number of carbonyl (C=O) groups excluding carboxylic acids is 4. The van der Waals surface area contributed by atoms with E-state index in [0.717, 1.165) is 16.7 Å². The maximum Gasteiger partial charge on any atom is 0.325 e. The van der Waals surface area contributed by atoms with Gasteiger partial charge in [-0.1, -0.05) is 44.2 Å². The van der Waals surface area contributed by atoms with E-state index in [0.29, 0.717) is 25.1 Å². The van der Waals surface area contributed by atoms with Crippen molar-refractivity contribution in [3.63, 3.8) is 0 Å². The van der Waals surface area contributed by atoms with Gasteiger partial charge in [0.2, 0.25) is 5.91 Å². The highest BCUT2D eigenvalue weighted by molar-refractivity contribution is 5.92. The van der Waals surface area contributed by atoms with E-state index < -0.39 is 42.0 Å². The third kappa shape index (κ3) is 6.94. The van der Waals surface area contributed by atoms with Crippen LogP contribution >= 0.6 is 0 Å². The Morgan fingerprint density at radius 3 is 2.41 bits per heavy atom. The number of hydrogen-bond acceptors (Lipinski definition) is 7. The summed E-state index contributed by atoms with van der Waals surface area (Å²) in [5.74, 6) is -1.49. The normalized spacial score (nSPS) is 25.1. The second kappa shape index (κ2) is 12.3. The molecule has 3 heterocycles. The van der Waals surface area contributed by atoms with Crippen molar-refractivity contribution in [2.24, 2.45) is 5.92 Å². The SMILES string of the molecule is CC(C)C1NC(=O)COc2ccc(cc2)-c2cccc(c2)[C@@H](C)OC(=O)[C@@H]2CCCN(N2)C(=O)[C@H](C)NC1=O. The molecule has 10 heteroatoms. The van der Waals surface area contributed by atoms with Crippen LogP contribution in [0.15, 0.2) is 48.5 Å². The maximum atomic E-state index is 13.1. The highest BCUT2D eigenvalue weighted by Gasteiger charge is 2.33. The molecule has 208 valence electrons. The number of ether oxygens (including phenoxy) is 2. The third-order valence-corrected chi connectivity index (χ3v) is 6.94. The number of carbonyl (C=O) groups is 4. The monoisotopic (exact) mass is 536 g/mol. The largest absolute Gasteiger partial charge is 0.484 e. The van der Waals surface area contributed by atoms with Crippen molar-refractivity contribution in [2.75, 3.05) is 13.2 Å². The zero-order valence-corrected chi connectivity index (χ0v) is 22.7. The molecule has 0 aromatic heterocycles. The first-order valence-electron chi connectivity index (χ1n) is 13.3. The molecule has 1 fully saturated rings. The topological polar surface area (TPSA) is 126 Å². The fourth-order valence-corrected chi connectivity index (χ4v) is 4.65. The van der Waals surface area contributed by atoms with Gasteiger partial charge in [0.15, 0.2) is 6.61 Å². The zero-order valence-electron chi connectivity index (χ0n) is 22.7. The summed E-state index contributed by atoms with van der Waals surface area (Å²) in [6.45, 7) is 7.12. The van der Waals surface area contributed by atoms with Gasteiger partial charge in [-0.25, -0.2) is 5.43 Å². The fraction of sp³-hybridized carbons (Fsp3) is 0.448. The van der Waals surface area contributed by atoms with Gasteiger partial charge in [0, 0.05) is 6.54 Å². The molecule has 5 rings (SSSR count). The quantitative estimate of drug-likeness (QED) is 0.378. The maximum absolute atomic E-state index is 13.1. The van der Waals surface area contributed by atoms with E-state index in [-0.39, 0.29) is 18.4 Å². The van der Waals surface area contributed by atoms with Gasteiger partial charge in [0.05, 0.1) is 0 Å². The van der Waals surface area contributed by atoms with Crippen LogP contribution in [0.2, 0.25) is 0 Å². The van der Waals surface area contributed by atoms with E-state index in [4.69, 9.17) is 9.47 Å². The van der Waals surface area contributed by atoms with Crippen LogP contribution in [0.4, 0.5) is 0 Å². The Kier molecular flexibility index (Phi) is 8.86. The lowest BCUT2D eigenvalue weighted by Gasteiger charge is -2.35. The minimum atomic E-state index is -0.882. The molecule has 6 bridgehead atoms. The number of amides is 3. The van der Waals surface area contributed by atoms with Gasteiger partial charge >= 0.3 is 5.97 Å². The van der Waals surface area contributed by atoms with Crippen LogP contribution in [0.25, 0.3) is 11.1 Å². The number of fused-ring (bicyclic) bond motifs is 12. The van der Waals surface area contributed by atoms with Gasteiger partial charge in [-0.05, 0) is 67.5 Å². The number of rotatable bonds is 1. The van der Waals surface area contributed by atoms with Crippen LogP contribution in [0, 0.1) is 5.92 Å². The molecular formula is C29H36N4O6. The predicted octanol–water partition coefficient (Wildman–Crippen LogP) is 2.49. The van der Waals surface area contributed by atoms with Crippen molar-refractivity contribution in [1.82, 2.24) is 21.1 Å². The Morgan fingerprint density at radius 2 is 1.69 bits per heavy atom. The van der Waals surface area contributed by atoms with Crippen molar-refractivity contribution in [2.45, 2.75) is 64.8 Å². The second-order valence-electron chi connectivity index (χ2n) is 10.4. The third-order valence-electron chi connectivity index (χ3n) is 6.94. The van der Waals surface area contributed by atoms with E-state index in [9.17, 15) is 19.2 Å². The van der Waals surface area contributed by atoms with Crippen LogP contribution in [0.1, 0.15) is 52.2 Å². The molecule has 1 saturated heterocycles. The second-order valence-corrected chi connectivity index (χ2v) is 10.4. The van der Waals surface area contributed by atoms with Gasteiger partial charge in [-0.15, -0.1) is 0 Å². The van der Waals surface area contributed by atoms with E-state index >= 15 is 0 Å². The summed E-state index contributed by atoms with van der Waals surface area (Å²) in [4.78, 5) is 51.8. The molecule has 2 aromatic rings. The highest BCUT2D eigenvalue weighted by Crippen LogP contribution is 2.27. The number of esters is 1. The van der Waals surface area contributed by atoms with E-state index in [1.807, 2.05) is 43.3 Å². The van der Waals surface area contributed by atoms with Crippen LogP contribution in [0.3, 0.4) is 0 Å². The number of hydrazine groups is 1. The van der Waals surface area contributed by atoms with Crippen molar-refractivity contribution < 1.29 is 28.7 Å². The summed E-state index contributed by atoms with van der Waals surface area (Å²) in [6.07, 6.45) is 0.617. The highest BCUT2D eigenvalue weighted by atomic mass is 16.5.